The Bertz CT molecular complexity index is 529. The minimum atomic E-state index is 0.0623. The van der Waals surface area contributed by atoms with Gasteiger partial charge in [-0.15, -0.1) is 0 Å². The summed E-state index contributed by atoms with van der Waals surface area (Å²) in [5, 5.41) is 9.08. The molecule has 0 saturated carbocycles. The van der Waals surface area contributed by atoms with E-state index in [-0.39, 0.29) is 6.61 Å². The molecule has 0 atom stereocenters. The predicted molar refractivity (Wildman–Crippen MR) is 77.6 cm³/mol. The molecule has 0 spiro atoms. The summed E-state index contributed by atoms with van der Waals surface area (Å²) < 4.78 is 5.86. The fraction of sp³-hybridized carbons (Fsp3) is 0.294. The van der Waals surface area contributed by atoms with Gasteiger partial charge in [0.25, 0.3) is 0 Å². The van der Waals surface area contributed by atoms with Gasteiger partial charge >= 0.3 is 0 Å². The zero-order chi connectivity index (χ0) is 13.7. The van der Waals surface area contributed by atoms with Crippen molar-refractivity contribution in [3.8, 4) is 11.5 Å². The van der Waals surface area contributed by atoms with E-state index < -0.39 is 0 Å². The van der Waals surface area contributed by atoms with Crippen molar-refractivity contribution in [3.05, 3.63) is 59.2 Å². The van der Waals surface area contributed by atoms with Gasteiger partial charge < -0.3 is 9.84 Å². The first-order valence-electron chi connectivity index (χ1n) is 6.70. The van der Waals surface area contributed by atoms with E-state index in [0.717, 1.165) is 35.5 Å². The molecule has 2 aromatic carbocycles. The molecular weight excluding hydrogens is 236 g/mol. The lowest BCUT2D eigenvalue weighted by molar-refractivity contribution is 0.281. The first-order chi connectivity index (χ1) is 9.22. The van der Waals surface area contributed by atoms with Gasteiger partial charge in [-0.25, -0.2) is 0 Å². The maximum absolute atomic E-state index is 9.08. The summed E-state index contributed by atoms with van der Waals surface area (Å²) in [4.78, 5) is 0. The van der Waals surface area contributed by atoms with Crippen LogP contribution in [0.3, 0.4) is 0 Å². The molecule has 1 N–H and O–H groups in total. The Hall–Kier alpha value is -1.80. The third-order valence-corrected chi connectivity index (χ3v) is 3.11. The van der Waals surface area contributed by atoms with E-state index in [0.29, 0.717) is 0 Å². The smallest absolute Gasteiger partial charge is 0.130 e. The number of hydrogen-bond acceptors (Lipinski definition) is 2. The van der Waals surface area contributed by atoms with E-state index in [1.54, 1.807) is 0 Å². The van der Waals surface area contributed by atoms with Crippen molar-refractivity contribution in [3.63, 3.8) is 0 Å². The van der Waals surface area contributed by atoms with Crippen LogP contribution in [0.1, 0.15) is 30.0 Å². The Morgan fingerprint density at radius 1 is 1.00 bits per heavy atom. The average Bonchev–Trinajstić information content (AvgIpc) is 2.43. The number of hydrogen-bond donors (Lipinski definition) is 1. The van der Waals surface area contributed by atoms with Gasteiger partial charge in [0.2, 0.25) is 0 Å². The van der Waals surface area contributed by atoms with Crippen molar-refractivity contribution in [1.29, 1.82) is 0 Å². The molecule has 2 aromatic rings. The molecule has 0 aliphatic rings. The van der Waals surface area contributed by atoms with Crippen molar-refractivity contribution in [1.82, 2.24) is 0 Å². The van der Waals surface area contributed by atoms with E-state index >= 15 is 0 Å². The molecule has 19 heavy (non-hydrogen) atoms. The summed E-state index contributed by atoms with van der Waals surface area (Å²) in [5.74, 6) is 1.68. The van der Waals surface area contributed by atoms with Crippen molar-refractivity contribution < 1.29 is 9.84 Å². The highest BCUT2D eigenvalue weighted by Gasteiger charge is 2.03. The quantitative estimate of drug-likeness (QED) is 0.867. The van der Waals surface area contributed by atoms with E-state index in [1.807, 2.05) is 37.3 Å². The highest BCUT2D eigenvalue weighted by atomic mass is 16.5. The maximum atomic E-state index is 9.08. The topological polar surface area (TPSA) is 29.5 Å². The van der Waals surface area contributed by atoms with Crippen LogP contribution < -0.4 is 4.74 Å². The number of aryl methyl sites for hydroxylation is 2. The number of benzene rings is 2. The van der Waals surface area contributed by atoms with Crippen LogP contribution in [0, 0.1) is 6.92 Å². The Morgan fingerprint density at radius 3 is 2.26 bits per heavy atom. The van der Waals surface area contributed by atoms with E-state index in [1.165, 1.54) is 5.56 Å². The lowest BCUT2D eigenvalue weighted by Gasteiger charge is -2.10. The highest BCUT2D eigenvalue weighted by Crippen LogP contribution is 2.26. The Balaban J connectivity index is 2.12. The molecule has 0 bridgehead atoms. The van der Waals surface area contributed by atoms with E-state index in [4.69, 9.17) is 9.84 Å². The standard InChI is InChI=1S/C17H20O2/c1-3-4-14-5-8-16(9-6-14)19-17-10-7-15(12-18)11-13(17)2/h5-11,18H,3-4,12H2,1-2H3. The monoisotopic (exact) mass is 256 g/mol. The molecule has 0 heterocycles. The van der Waals surface area contributed by atoms with Gasteiger partial charge in [0, 0.05) is 0 Å². The second-order valence-electron chi connectivity index (χ2n) is 4.75. The van der Waals surface area contributed by atoms with Crippen LogP contribution in [-0.2, 0) is 13.0 Å². The van der Waals surface area contributed by atoms with Crippen molar-refractivity contribution in [2.75, 3.05) is 0 Å². The largest absolute Gasteiger partial charge is 0.457 e. The van der Waals surface area contributed by atoms with Gasteiger partial charge in [0.15, 0.2) is 0 Å². The van der Waals surface area contributed by atoms with Crippen molar-refractivity contribution in [2.24, 2.45) is 0 Å². The number of aliphatic hydroxyl groups excluding tert-OH is 1. The van der Waals surface area contributed by atoms with Crippen LogP contribution in [0.2, 0.25) is 0 Å². The summed E-state index contributed by atoms with van der Waals surface area (Å²) in [6.45, 7) is 4.23. The van der Waals surface area contributed by atoms with Gasteiger partial charge in [-0.1, -0.05) is 37.6 Å². The van der Waals surface area contributed by atoms with E-state index in [9.17, 15) is 0 Å². The third kappa shape index (κ3) is 3.58. The zero-order valence-corrected chi connectivity index (χ0v) is 11.5. The molecule has 2 rings (SSSR count). The molecule has 2 heteroatoms. The molecule has 0 saturated heterocycles. The molecule has 0 unspecified atom stereocenters. The van der Waals surface area contributed by atoms with Crippen LogP contribution >= 0.6 is 0 Å². The number of rotatable bonds is 5. The summed E-state index contributed by atoms with van der Waals surface area (Å²) in [7, 11) is 0. The van der Waals surface area contributed by atoms with Gasteiger partial charge in [-0.3, -0.25) is 0 Å². The lowest BCUT2D eigenvalue weighted by atomic mass is 10.1. The van der Waals surface area contributed by atoms with Gasteiger partial charge in [-0.05, 0) is 48.2 Å². The third-order valence-electron chi connectivity index (χ3n) is 3.11. The van der Waals surface area contributed by atoms with Crippen LogP contribution in [0.5, 0.6) is 11.5 Å². The van der Waals surface area contributed by atoms with Crippen LogP contribution in [0.4, 0.5) is 0 Å². The molecule has 0 amide bonds. The minimum absolute atomic E-state index is 0.0623. The first-order valence-corrected chi connectivity index (χ1v) is 6.70. The van der Waals surface area contributed by atoms with Crippen molar-refractivity contribution >= 4 is 0 Å². The van der Waals surface area contributed by atoms with Gasteiger partial charge in [0.1, 0.15) is 11.5 Å². The fourth-order valence-electron chi connectivity index (χ4n) is 2.06. The Kier molecular flexibility index (Phi) is 4.58. The van der Waals surface area contributed by atoms with Crippen LogP contribution in [-0.4, -0.2) is 5.11 Å². The summed E-state index contributed by atoms with van der Waals surface area (Å²) in [6.07, 6.45) is 2.26. The first kappa shape index (κ1) is 13.6. The molecule has 0 radical (unpaired) electrons. The summed E-state index contributed by atoms with van der Waals surface area (Å²) >= 11 is 0. The predicted octanol–water partition coefficient (Wildman–Crippen LogP) is 4.23. The van der Waals surface area contributed by atoms with Crippen molar-refractivity contribution in [2.45, 2.75) is 33.3 Å². The minimum Gasteiger partial charge on any atom is -0.457 e. The second-order valence-corrected chi connectivity index (χ2v) is 4.75. The normalized spacial score (nSPS) is 10.5. The SMILES string of the molecule is CCCc1ccc(Oc2ccc(CO)cc2C)cc1. The summed E-state index contributed by atoms with van der Waals surface area (Å²) in [5.41, 5.74) is 3.27. The zero-order valence-electron chi connectivity index (χ0n) is 11.5. The maximum Gasteiger partial charge on any atom is 0.130 e. The van der Waals surface area contributed by atoms with Crippen LogP contribution in [0.15, 0.2) is 42.5 Å². The molecule has 0 aliphatic heterocycles. The second kappa shape index (κ2) is 6.39. The Morgan fingerprint density at radius 2 is 1.68 bits per heavy atom. The lowest BCUT2D eigenvalue weighted by Crippen LogP contribution is -1.91. The number of ether oxygens (including phenoxy) is 1. The molecule has 0 fully saturated rings. The molecule has 2 nitrogen and oxygen atoms in total. The van der Waals surface area contributed by atoms with E-state index in [2.05, 4.69) is 19.1 Å². The number of aliphatic hydroxyl groups is 1. The molecular formula is C17H20O2. The molecule has 100 valence electrons. The average molecular weight is 256 g/mol. The highest BCUT2D eigenvalue weighted by molar-refractivity contribution is 5.40. The van der Waals surface area contributed by atoms with Crippen LogP contribution in [0.25, 0.3) is 0 Å². The fourth-order valence-corrected chi connectivity index (χ4v) is 2.06. The van der Waals surface area contributed by atoms with Gasteiger partial charge in [0.05, 0.1) is 6.61 Å². The molecule has 0 aromatic heterocycles. The molecule has 0 aliphatic carbocycles. The summed E-state index contributed by atoms with van der Waals surface area (Å²) in [6, 6.07) is 14.0. The Labute approximate surface area is 114 Å². The van der Waals surface area contributed by atoms with Gasteiger partial charge in [-0.2, -0.15) is 0 Å².